The van der Waals surface area contributed by atoms with Crippen molar-refractivity contribution in [1.82, 2.24) is 0 Å². The van der Waals surface area contributed by atoms with Crippen LogP contribution in [0.25, 0.3) is 10.8 Å². The Hall–Kier alpha value is -3.36. The summed E-state index contributed by atoms with van der Waals surface area (Å²) in [6.07, 6.45) is 9.42. The number of hydrogen-bond acceptors (Lipinski definition) is 11. The van der Waals surface area contributed by atoms with Crippen molar-refractivity contribution in [2.24, 2.45) is 39.9 Å². The third kappa shape index (κ3) is 5.88. The molecule has 5 aliphatic carbocycles. The van der Waals surface area contributed by atoms with Crippen LogP contribution in [0.3, 0.4) is 0 Å². The van der Waals surface area contributed by atoms with Gasteiger partial charge in [0.15, 0.2) is 5.78 Å². The zero-order valence-electron chi connectivity index (χ0n) is 35.9. The Bertz CT molecular complexity index is 2280. The number of aliphatic hydroxyl groups excluding tert-OH is 4. The number of rotatable bonds is 7. The van der Waals surface area contributed by atoms with Crippen molar-refractivity contribution in [3.63, 3.8) is 0 Å². The first-order chi connectivity index (χ1) is 29.7. The zero-order valence-corrected chi connectivity index (χ0v) is 35.9. The van der Waals surface area contributed by atoms with Crippen LogP contribution in [-0.2, 0) is 14.2 Å². The van der Waals surface area contributed by atoms with Crippen molar-refractivity contribution in [2.75, 3.05) is 19.8 Å². The molecule has 12 nitrogen and oxygen atoms in total. The number of hydrogen-bond donors (Lipinski definition) is 6. The van der Waals surface area contributed by atoms with Gasteiger partial charge in [0.05, 0.1) is 35.3 Å². The highest BCUT2D eigenvalue weighted by atomic mass is 16.7. The monoisotopic (exact) mass is 854 g/mol. The van der Waals surface area contributed by atoms with Crippen LogP contribution >= 0.6 is 0 Å². The van der Waals surface area contributed by atoms with Crippen LogP contribution in [0, 0.1) is 46.8 Å². The number of carboxylic acids is 1. The molecule has 4 heterocycles. The number of carboxylic acid groups (broad SMARTS) is 1. The van der Waals surface area contributed by atoms with Gasteiger partial charge in [0.2, 0.25) is 6.29 Å². The molecule has 9 aliphatic rings. The normalized spacial score (nSPS) is 41.4. The first-order valence-corrected chi connectivity index (χ1v) is 23.4. The molecular weight excluding hydrogens is 793 g/mol. The highest BCUT2D eigenvalue weighted by molar-refractivity contribution is 6.08. The van der Waals surface area contributed by atoms with Gasteiger partial charge in [-0.25, -0.2) is 4.79 Å². The van der Waals surface area contributed by atoms with E-state index in [-0.39, 0.29) is 57.3 Å². The lowest BCUT2D eigenvalue weighted by Gasteiger charge is -2.64. The number of Topliss-reactive ketones (excluding diaryl/α,β-unsaturated/α-hetero) is 1. The third-order valence-electron chi connectivity index (χ3n) is 18.1. The number of aromatic carboxylic acids is 1. The minimum atomic E-state index is -1.71. The molecule has 13 unspecified atom stereocenters. The summed E-state index contributed by atoms with van der Waals surface area (Å²) in [5.74, 6) is -1.32. The Morgan fingerprint density at radius 3 is 2.53 bits per heavy atom. The summed E-state index contributed by atoms with van der Waals surface area (Å²) in [5.41, 5.74) is 3.06. The number of aromatic hydroxyl groups is 1. The number of ether oxygens (including phenoxy) is 4. The topological polar surface area (TPSA) is 192 Å². The molecule has 2 aromatic rings. The van der Waals surface area contributed by atoms with E-state index in [4.69, 9.17) is 18.9 Å². The van der Waals surface area contributed by atoms with Gasteiger partial charge in [-0.05, 0) is 172 Å². The van der Waals surface area contributed by atoms with E-state index in [9.17, 15) is 40.2 Å². The third-order valence-corrected chi connectivity index (χ3v) is 18.1. The molecule has 0 aromatic heterocycles. The Balaban J connectivity index is 1.00. The summed E-state index contributed by atoms with van der Waals surface area (Å²) in [4.78, 5) is 25.0. The van der Waals surface area contributed by atoms with Gasteiger partial charge in [0.1, 0.15) is 35.4 Å². The van der Waals surface area contributed by atoms with Crippen LogP contribution in [-0.4, -0.2) is 105 Å². The van der Waals surface area contributed by atoms with Crippen molar-refractivity contribution in [3.8, 4) is 11.5 Å². The number of aryl methyl sites for hydroxylation is 1. The average Bonchev–Trinajstić information content (AvgIpc) is 3.94. The average molecular weight is 855 g/mol. The van der Waals surface area contributed by atoms with Gasteiger partial charge < -0.3 is 49.6 Å². The molecule has 6 N–H and O–H groups in total. The number of allylic oxidation sites excluding steroid dienone is 2. The fraction of sp³-hybridized carbons (Fsp3) is 0.680. The van der Waals surface area contributed by atoms with Crippen molar-refractivity contribution in [1.29, 1.82) is 0 Å². The van der Waals surface area contributed by atoms with Crippen LogP contribution in [0.1, 0.15) is 130 Å². The molecule has 7 fully saturated rings. The van der Waals surface area contributed by atoms with E-state index in [0.29, 0.717) is 66.9 Å². The Labute approximate surface area is 362 Å². The van der Waals surface area contributed by atoms with E-state index in [0.717, 1.165) is 25.9 Å². The Morgan fingerprint density at radius 2 is 1.77 bits per heavy atom. The molecule has 334 valence electrons. The summed E-state index contributed by atoms with van der Waals surface area (Å²) in [6, 6.07) is 4.21. The van der Waals surface area contributed by atoms with E-state index >= 15 is 0 Å². The van der Waals surface area contributed by atoms with Crippen LogP contribution in [0.15, 0.2) is 41.0 Å². The van der Waals surface area contributed by atoms with Crippen LogP contribution < -0.4 is 4.74 Å². The number of carbonyl (C=O) groups is 2. The summed E-state index contributed by atoms with van der Waals surface area (Å²) in [7, 11) is 0. The summed E-state index contributed by atoms with van der Waals surface area (Å²) >= 11 is 0. The Kier molecular flexibility index (Phi) is 9.72. The van der Waals surface area contributed by atoms with Gasteiger partial charge in [-0.2, -0.15) is 0 Å². The van der Waals surface area contributed by atoms with E-state index in [2.05, 4.69) is 6.08 Å². The molecule has 2 bridgehead atoms. The summed E-state index contributed by atoms with van der Waals surface area (Å²) < 4.78 is 27.0. The molecule has 13 atom stereocenters. The van der Waals surface area contributed by atoms with Crippen LogP contribution in [0.4, 0.5) is 0 Å². The molecule has 4 aliphatic heterocycles. The Morgan fingerprint density at radius 1 is 0.984 bits per heavy atom. The van der Waals surface area contributed by atoms with Crippen LogP contribution in [0.2, 0.25) is 0 Å². The molecule has 0 amide bonds. The second-order valence-corrected chi connectivity index (χ2v) is 21.3. The lowest BCUT2D eigenvalue weighted by molar-refractivity contribution is -0.336. The van der Waals surface area contributed by atoms with Gasteiger partial charge in [-0.15, -0.1) is 0 Å². The zero-order chi connectivity index (χ0) is 43.1. The van der Waals surface area contributed by atoms with E-state index in [1.54, 1.807) is 13.0 Å². The maximum absolute atomic E-state index is 12.8. The number of fused-ring (bicyclic) bond motifs is 5. The fourth-order valence-electron chi connectivity index (χ4n) is 16.0. The van der Waals surface area contributed by atoms with Crippen LogP contribution in [0.5, 0.6) is 11.5 Å². The molecular formula is C50H62O12. The first-order valence-electron chi connectivity index (χ1n) is 23.4. The van der Waals surface area contributed by atoms with Gasteiger partial charge in [-0.1, -0.05) is 25.0 Å². The van der Waals surface area contributed by atoms with E-state index in [1.165, 1.54) is 80.7 Å². The number of phenolic OH excluding ortho intramolecular Hbond substituents is 1. The van der Waals surface area contributed by atoms with Crippen molar-refractivity contribution in [3.05, 3.63) is 57.7 Å². The minimum absolute atomic E-state index is 0.0361. The first kappa shape index (κ1) is 41.4. The minimum Gasteiger partial charge on any atom is -0.506 e. The van der Waals surface area contributed by atoms with E-state index in [1.807, 2.05) is 0 Å². The molecule has 0 radical (unpaired) electrons. The SMILES string of the molecule is CC(=O)c1c(C)cc2cc(C(=O)O)cc(OC3OC4C(O)CCC5OC4(CC4C6=C5CC=C6C5(CCCO)COCC6CC7(CCC8(CCCC8)C7)CC4C65)C(O)C3O)c2c1O. The molecule has 4 saturated carbocycles. The van der Waals surface area contributed by atoms with Crippen molar-refractivity contribution in [2.45, 2.75) is 153 Å². The standard InChI is InChI=1S/C50H62O12/c1-25-16-27-17-28(45(57)58)18-36(38(27)41(54)37(25)26(2)52)60-46-42(55)43(56)50-21-31-32-20-48(14-13-47(23-48)10-3-4-11-47)19-29-22-59-24-49(40(29)32,12-5-15-51)33-7-6-30(39(31)33)35(62-50)9-8-34(53)44(50)61-46/h7,16-18,29,31-32,34-35,40,42-44,46,51,53-56H,3-6,8-15,19-24H2,1-2H3,(H,57,58). The number of ketones is 1. The van der Waals surface area contributed by atoms with Gasteiger partial charge in [0, 0.05) is 18.6 Å². The van der Waals surface area contributed by atoms with Crippen molar-refractivity contribution < 1.29 is 59.2 Å². The van der Waals surface area contributed by atoms with Gasteiger partial charge in [0.25, 0.3) is 0 Å². The van der Waals surface area contributed by atoms with E-state index < -0.39 is 54.2 Å². The maximum Gasteiger partial charge on any atom is 0.335 e. The highest BCUT2D eigenvalue weighted by Gasteiger charge is 2.69. The molecule has 3 spiro atoms. The van der Waals surface area contributed by atoms with Gasteiger partial charge in [-0.3, -0.25) is 4.79 Å². The molecule has 2 aromatic carbocycles. The quantitative estimate of drug-likeness (QED) is 0.162. The number of phenols is 1. The second-order valence-electron chi connectivity index (χ2n) is 21.3. The predicted molar refractivity (Wildman–Crippen MR) is 226 cm³/mol. The number of carbonyl (C=O) groups excluding carboxylic acids is 1. The smallest absolute Gasteiger partial charge is 0.335 e. The molecule has 12 heteroatoms. The molecule has 3 saturated heterocycles. The maximum atomic E-state index is 12.8. The second kappa shape index (κ2) is 14.6. The number of benzene rings is 2. The highest BCUT2D eigenvalue weighted by Crippen LogP contribution is 2.73. The van der Waals surface area contributed by atoms with Gasteiger partial charge >= 0.3 is 5.97 Å². The summed E-state index contributed by atoms with van der Waals surface area (Å²) in [5, 5.41) is 69.4. The molecule has 62 heavy (non-hydrogen) atoms. The largest absolute Gasteiger partial charge is 0.506 e. The fourth-order valence-corrected chi connectivity index (χ4v) is 16.0. The number of aliphatic hydroxyl groups is 4. The van der Waals surface area contributed by atoms with Crippen molar-refractivity contribution >= 4 is 22.5 Å². The lowest BCUT2D eigenvalue weighted by atomic mass is 9.42. The predicted octanol–water partition coefficient (Wildman–Crippen LogP) is 6.68. The molecule has 11 rings (SSSR count). The lowest BCUT2D eigenvalue weighted by Crippen LogP contribution is -2.71. The summed E-state index contributed by atoms with van der Waals surface area (Å²) in [6.45, 7) is 4.45.